The van der Waals surface area contributed by atoms with Crippen LogP contribution < -0.4 is 4.74 Å². The second-order valence-corrected chi connectivity index (χ2v) is 6.83. The Morgan fingerprint density at radius 3 is 3.00 bits per heavy atom. The fourth-order valence-corrected chi connectivity index (χ4v) is 3.81. The summed E-state index contributed by atoms with van der Waals surface area (Å²) in [6.07, 6.45) is 0. The molecule has 1 unspecified atom stereocenters. The van der Waals surface area contributed by atoms with Crippen molar-refractivity contribution in [1.29, 1.82) is 0 Å². The third-order valence-corrected chi connectivity index (χ3v) is 5.12. The third kappa shape index (κ3) is 4.22. The smallest absolute Gasteiger partial charge is 0.387 e. The zero-order valence-corrected chi connectivity index (χ0v) is 14.6. The minimum atomic E-state index is -2.88. The number of rotatable bonds is 5. The highest BCUT2D eigenvalue weighted by Crippen LogP contribution is 2.31. The van der Waals surface area contributed by atoms with Gasteiger partial charge in [-0.2, -0.15) is 8.78 Å². The Morgan fingerprint density at radius 2 is 2.33 bits per heavy atom. The quantitative estimate of drug-likeness (QED) is 0.782. The zero-order valence-electron chi connectivity index (χ0n) is 13.0. The summed E-state index contributed by atoms with van der Waals surface area (Å²) < 4.78 is 34.6. The lowest BCUT2D eigenvalue weighted by atomic mass is 10.1. The molecule has 1 saturated heterocycles. The van der Waals surface area contributed by atoms with Crippen LogP contribution in [0.25, 0.3) is 0 Å². The van der Waals surface area contributed by atoms with Gasteiger partial charge in [0.2, 0.25) is 0 Å². The van der Waals surface area contributed by atoms with Crippen molar-refractivity contribution in [2.45, 2.75) is 26.1 Å². The van der Waals surface area contributed by atoms with Crippen molar-refractivity contribution in [3.63, 3.8) is 0 Å². The predicted octanol–water partition coefficient (Wildman–Crippen LogP) is 4.28. The highest BCUT2D eigenvalue weighted by molar-refractivity contribution is 7.09. The van der Waals surface area contributed by atoms with Gasteiger partial charge >= 0.3 is 6.61 Å². The van der Waals surface area contributed by atoms with Crippen LogP contribution in [-0.2, 0) is 11.3 Å². The maximum Gasteiger partial charge on any atom is 0.387 e. The molecule has 0 spiro atoms. The summed E-state index contributed by atoms with van der Waals surface area (Å²) in [6, 6.07) is 4.99. The highest BCUT2D eigenvalue weighted by atomic mass is 35.5. The van der Waals surface area contributed by atoms with Crippen molar-refractivity contribution in [2.24, 2.45) is 0 Å². The molecule has 2 heterocycles. The topological polar surface area (TPSA) is 34.6 Å². The summed E-state index contributed by atoms with van der Waals surface area (Å²) in [5, 5.41) is 3.23. The van der Waals surface area contributed by atoms with Crippen LogP contribution in [0.1, 0.15) is 22.3 Å². The number of halogens is 3. The number of thiazole rings is 1. The van der Waals surface area contributed by atoms with Gasteiger partial charge in [0, 0.05) is 24.2 Å². The molecule has 130 valence electrons. The Morgan fingerprint density at radius 1 is 1.50 bits per heavy atom. The van der Waals surface area contributed by atoms with E-state index in [0.717, 1.165) is 22.8 Å². The summed E-state index contributed by atoms with van der Waals surface area (Å²) >= 11 is 7.66. The number of ether oxygens (including phenoxy) is 2. The number of hydrogen-bond donors (Lipinski definition) is 0. The van der Waals surface area contributed by atoms with Gasteiger partial charge in [-0.1, -0.05) is 17.7 Å². The van der Waals surface area contributed by atoms with Gasteiger partial charge in [0.25, 0.3) is 0 Å². The summed E-state index contributed by atoms with van der Waals surface area (Å²) in [6.45, 7) is 1.74. The van der Waals surface area contributed by atoms with E-state index in [9.17, 15) is 8.78 Å². The molecule has 0 amide bonds. The standard InChI is InChI=1S/C16H17ClF2N2O2S/c1-10-9-24-15(20-10)13-8-22-5-4-21(13)7-11-2-3-14(12(17)6-11)23-16(18)19/h2-3,6,9,13,16H,4-5,7-8H2,1H3. The van der Waals surface area contributed by atoms with Gasteiger partial charge in [0.05, 0.1) is 24.3 Å². The van der Waals surface area contributed by atoms with Gasteiger partial charge in [0.1, 0.15) is 10.8 Å². The minimum absolute atomic E-state index is 0.00973. The predicted molar refractivity (Wildman–Crippen MR) is 88.9 cm³/mol. The molecule has 0 radical (unpaired) electrons. The maximum atomic E-state index is 12.3. The molecule has 1 aliphatic heterocycles. The lowest BCUT2D eigenvalue weighted by Crippen LogP contribution is -2.39. The Bertz CT molecular complexity index is 698. The number of aromatic nitrogens is 1. The number of benzene rings is 1. The van der Waals surface area contributed by atoms with E-state index in [1.54, 1.807) is 23.5 Å². The van der Waals surface area contributed by atoms with Crippen molar-refractivity contribution in [2.75, 3.05) is 19.8 Å². The molecule has 1 aromatic carbocycles. The molecule has 0 bridgehead atoms. The van der Waals surface area contributed by atoms with Gasteiger partial charge < -0.3 is 9.47 Å². The minimum Gasteiger partial charge on any atom is -0.433 e. The SMILES string of the molecule is Cc1csc(C2COCCN2Cc2ccc(OC(F)F)c(Cl)c2)n1. The van der Waals surface area contributed by atoms with E-state index in [-0.39, 0.29) is 16.8 Å². The second-order valence-electron chi connectivity index (χ2n) is 5.53. The Labute approximate surface area is 148 Å². The first kappa shape index (κ1) is 17.5. The van der Waals surface area contributed by atoms with Crippen LogP contribution in [0.4, 0.5) is 8.78 Å². The monoisotopic (exact) mass is 374 g/mol. The van der Waals surface area contributed by atoms with Gasteiger partial charge in [0.15, 0.2) is 0 Å². The largest absolute Gasteiger partial charge is 0.433 e. The number of aryl methyl sites for hydroxylation is 1. The maximum absolute atomic E-state index is 12.3. The van der Waals surface area contributed by atoms with Crippen molar-refractivity contribution >= 4 is 22.9 Å². The Kier molecular flexibility index (Phi) is 5.65. The van der Waals surface area contributed by atoms with Crippen LogP contribution in [0, 0.1) is 6.92 Å². The number of hydrogen-bond acceptors (Lipinski definition) is 5. The van der Waals surface area contributed by atoms with Gasteiger partial charge in [-0.05, 0) is 24.6 Å². The van der Waals surface area contributed by atoms with Gasteiger partial charge in [-0.25, -0.2) is 4.98 Å². The van der Waals surface area contributed by atoms with Gasteiger partial charge in [-0.15, -0.1) is 11.3 Å². The average Bonchev–Trinajstić information content (AvgIpc) is 2.96. The average molecular weight is 375 g/mol. The first-order valence-electron chi connectivity index (χ1n) is 7.50. The molecule has 2 aromatic rings. The van der Waals surface area contributed by atoms with Crippen molar-refractivity contribution in [3.8, 4) is 5.75 Å². The van der Waals surface area contributed by atoms with Crippen LogP contribution >= 0.6 is 22.9 Å². The molecule has 1 fully saturated rings. The molecular weight excluding hydrogens is 358 g/mol. The van der Waals surface area contributed by atoms with Crippen LogP contribution in [0.5, 0.6) is 5.75 Å². The molecule has 4 nitrogen and oxygen atoms in total. The number of morpholine rings is 1. The molecule has 1 atom stereocenters. The summed E-state index contributed by atoms with van der Waals surface area (Å²) in [7, 11) is 0. The van der Waals surface area contributed by atoms with Crippen LogP contribution in [0.15, 0.2) is 23.6 Å². The molecule has 3 rings (SSSR count). The summed E-state index contributed by atoms with van der Waals surface area (Å²) in [4.78, 5) is 6.82. The van der Waals surface area contributed by atoms with Crippen LogP contribution in [-0.4, -0.2) is 36.3 Å². The molecular formula is C16H17ClF2N2O2S. The Hall–Kier alpha value is -1.28. The Balaban J connectivity index is 1.74. The fourth-order valence-electron chi connectivity index (χ4n) is 2.65. The van der Waals surface area contributed by atoms with E-state index in [2.05, 4.69) is 14.6 Å². The third-order valence-electron chi connectivity index (χ3n) is 3.76. The summed E-state index contributed by atoms with van der Waals surface area (Å²) in [5.41, 5.74) is 1.93. The molecule has 0 N–H and O–H groups in total. The molecule has 0 aliphatic carbocycles. The van der Waals surface area contributed by atoms with Crippen molar-refractivity contribution in [3.05, 3.63) is 44.9 Å². The zero-order chi connectivity index (χ0) is 17.1. The fraction of sp³-hybridized carbons (Fsp3) is 0.438. The normalized spacial score (nSPS) is 19.0. The van der Waals surface area contributed by atoms with E-state index in [1.165, 1.54) is 6.07 Å². The molecule has 24 heavy (non-hydrogen) atoms. The van der Waals surface area contributed by atoms with Crippen molar-refractivity contribution < 1.29 is 18.3 Å². The highest BCUT2D eigenvalue weighted by Gasteiger charge is 2.27. The van der Waals surface area contributed by atoms with E-state index < -0.39 is 6.61 Å². The van der Waals surface area contributed by atoms with E-state index in [1.807, 2.05) is 12.3 Å². The first-order valence-corrected chi connectivity index (χ1v) is 8.76. The van der Waals surface area contributed by atoms with E-state index in [0.29, 0.717) is 19.8 Å². The lowest BCUT2D eigenvalue weighted by molar-refractivity contribution is -0.0498. The number of nitrogens with zero attached hydrogens (tertiary/aromatic N) is 2. The van der Waals surface area contributed by atoms with Crippen LogP contribution in [0.3, 0.4) is 0 Å². The van der Waals surface area contributed by atoms with E-state index in [4.69, 9.17) is 16.3 Å². The lowest BCUT2D eigenvalue weighted by Gasteiger charge is -2.34. The van der Waals surface area contributed by atoms with Crippen LogP contribution in [0.2, 0.25) is 5.02 Å². The molecule has 1 aliphatic rings. The number of alkyl halides is 2. The van der Waals surface area contributed by atoms with Gasteiger partial charge in [-0.3, -0.25) is 4.90 Å². The molecule has 0 saturated carbocycles. The molecule has 8 heteroatoms. The van der Waals surface area contributed by atoms with E-state index >= 15 is 0 Å². The first-order chi connectivity index (χ1) is 11.5. The van der Waals surface area contributed by atoms with Crippen molar-refractivity contribution in [1.82, 2.24) is 9.88 Å². The second kappa shape index (κ2) is 7.74. The molecule has 1 aromatic heterocycles. The summed E-state index contributed by atoms with van der Waals surface area (Å²) in [5.74, 6) is -0.00973.